The van der Waals surface area contributed by atoms with E-state index in [1.807, 2.05) is 6.07 Å². The van der Waals surface area contributed by atoms with Crippen LogP contribution in [0.3, 0.4) is 0 Å². The van der Waals surface area contributed by atoms with Crippen LogP contribution in [-0.4, -0.2) is 24.4 Å². The molecule has 0 aliphatic carbocycles. The highest BCUT2D eigenvalue weighted by molar-refractivity contribution is 6.30. The Morgan fingerprint density at radius 3 is 2.42 bits per heavy atom. The molecule has 0 amide bonds. The highest BCUT2D eigenvalue weighted by atomic mass is 35.5. The molecule has 124 valence electrons. The summed E-state index contributed by atoms with van der Waals surface area (Å²) >= 11 is 5.83. The van der Waals surface area contributed by atoms with Crippen LogP contribution in [0.15, 0.2) is 46.9 Å². The molecule has 0 fully saturated rings. The van der Waals surface area contributed by atoms with Crippen molar-refractivity contribution in [1.82, 2.24) is 10.2 Å². The first-order valence-electron chi connectivity index (χ1n) is 7.12. The van der Waals surface area contributed by atoms with E-state index in [4.69, 9.17) is 30.2 Å². The molecule has 0 aliphatic rings. The third kappa shape index (κ3) is 3.60. The first-order valence-corrected chi connectivity index (χ1v) is 7.50. The highest BCUT2D eigenvalue weighted by Crippen LogP contribution is 2.31. The van der Waals surface area contributed by atoms with Gasteiger partial charge in [-0.3, -0.25) is 0 Å². The summed E-state index contributed by atoms with van der Waals surface area (Å²) in [6, 6.07) is 12.4. The van der Waals surface area contributed by atoms with Crippen molar-refractivity contribution in [2.24, 2.45) is 0 Å². The Kier molecular flexibility index (Phi) is 4.86. The third-order valence-corrected chi connectivity index (χ3v) is 3.53. The number of hydrogen-bond acceptors (Lipinski definition) is 6. The lowest BCUT2D eigenvalue weighted by Gasteiger charge is -2.07. The standard InChI is InChI=1S/C17H15ClN2O4/c1-21-14-8-3-11(9-15(14)22-2)17-20-19-16(24-17)10-23-13-6-4-12(18)5-7-13/h3-9H,10H2,1-2H3. The third-order valence-electron chi connectivity index (χ3n) is 3.27. The molecule has 24 heavy (non-hydrogen) atoms. The number of rotatable bonds is 6. The largest absolute Gasteiger partial charge is 0.493 e. The monoisotopic (exact) mass is 346 g/mol. The summed E-state index contributed by atoms with van der Waals surface area (Å²) in [5, 5.41) is 8.66. The summed E-state index contributed by atoms with van der Waals surface area (Å²) in [5.74, 6) is 2.64. The van der Waals surface area contributed by atoms with Crippen LogP contribution in [0.25, 0.3) is 11.5 Å². The molecule has 2 aromatic carbocycles. The fraction of sp³-hybridized carbons (Fsp3) is 0.176. The molecule has 0 radical (unpaired) electrons. The summed E-state index contributed by atoms with van der Waals surface area (Å²) in [6.45, 7) is 0.169. The normalized spacial score (nSPS) is 10.5. The number of halogens is 1. The summed E-state index contributed by atoms with van der Waals surface area (Å²) in [5.41, 5.74) is 0.734. The summed E-state index contributed by atoms with van der Waals surface area (Å²) in [6.07, 6.45) is 0. The van der Waals surface area contributed by atoms with E-state index in [1.165, 1.54) is 0 Å². The van der Waals surface area contributed by atoms with Crippen molar-refractivity contribution >= 4 is 11.6 Å². The van der Waals surface area contributed by atoms with Gasteiger partial charge in [-0.05, 0) is 42.5 Å². The van der Waals surface area contributed by atoms with Crippen molar-refractivity contribution in [3.05, 3.63) is 53.4 Å². The van der Waals surface area contributed by atoms with Crippen LogP contribution >= 0.6 is 11.6 Å². The molecule has 0 atom stereocenters. The maximum absolute atomic E-state index is 5.83. The van der Waals surface area contributed by atoms with E-state index in [0.29, 0.717) is 34.1 Å². The van der Waals surface area contributed by atoms with Crippen LogP contribution in [0.1, 0.15) is 5.89 Å². The van der Waals surface area contributed by atoms with E-state index >= 15 is 0 Å². The molecule has 0 aliphatic heterocycles. The second-order valence-electron chi connectivity index (χ2n) is 4.81. The van der Waals surface area contributed by atoms with Crippen LogP contribution < -0.4 is 14.2 Å². The summed E-state index contributed by atoms with van der Waals surface area (Å²) in [7, 11) is 3.15. The number of ether oxygens (including phenoxy) is 3. The molecule has 1 heterocycles. The lowest BCUT2D eigenvalue weighted by Crippen LogP contribution is -1.95. The smallest absolute Gasteiger partial charge is 0.254 e. The SMILES string of the molecule is COc1ccc(-c2nnc(COc3ccc(Cl)cc3)o2)cc1OC. The van der Waals surface area contributed by atoms with Crippen LogP contribution in [-0.2, 0) is 6.61 Å². The number of nitrogens with zero attached hydrogens (tertiary/aromatic N) is 2. The van der Waals surface area contributed by atoms with Crippen LogP contribution in [0.5, 0.6) is 17.2 Å². The zero-order valence-electron chi connectivity index (χ0n) is 13.2. The van der Waals surface area contributed by atoms with Crippen molar-refractivity contribution in [3.63, 3.8) is 0 Å². The molecule has 3 rings (SSSR count). The second-order valence-corrected chi connectivity index (χ2v) is 5.25. The Balaban J connectivity index is 1.72. The van der Waals surface area contributed by atoms with Gasteiger partial charge in [0, 0.05) is 10.6 Å². The van der Waals surface area contributed by atoms with Crippen molar-refractivity contribution < 1.29 is 18.6 Å². The summed E-state index contributed by atoms with van der Waals surface area (Å²) in [4.78, 5) is 0. The van der Waals surface area contributed by atoms with E-state index in [1.54, 1.807) is 50.6 Å². The molecular weight excluding hydrogens is 332 g/mol. The van der Waals surface area contributed by atoms with Crippen molar-refractivity contribution in [2.75, 3.05) is 14.2 Å². The Morgan fingerprint density at radius 1 is 0.958 bits per heavy atom. The van der Waals surface area contributed by atoms with Crippen LogP contribution in [0, 0.1) is 0 Å². The molecule has 0 N–H and O–H groups in total. The number of methoxy groups -OCH3 is 2. The van der Waals surface area contributed by atoms with Gasteiger partial charge in [0.2, 0.25) is 5.89 Å². The first kappa shape index (κ1) is 16.1. The number of benzene rings is 2. The van der Waals surface area contributed by atoms with E-state index in [0.717, 1.165) is 5.56 Å². The van der Waals surface area contributed by atoms with Crippen molar-refractivity contribution in [3.8, 4) is 28.7 Å². The predicted molar refractivity (Wildman–Crippen MR) is 88.6 cm³/mol. The average Bonchev–Trinajstić information content (AvgIpc) is 3.09. The van der Waals surface area contributed by atoms with Gasteiger partial charge in [-0.2, -0.15) is 0 Å². The Morgan fingerprint density at radius 2 is 1.71 bits per heavy atom. The zero-order valence-corrected chi connectivity index (χ0v) is 13.9. The zero-order chi connectivity index (χ0) is 16.9. The van der Waals surface area contributed by atoms with E-state index < -0.39 is 0 Å². The average molecular weight is 347 g/mol. The molecular formula is C17H15ClN2O4. The van der Waals surface area contributed by atoms with Crippen LogP contribution in [0.2, 0.25) is 5.02 Å². The minimum Gasteiger partial charge on any atom is -0.493 e. The van der Waals surface area contributed by atoms with Crippen LogP contribution in [0.4, 0.5) is 0 Å². The molecule has 0 spiro atoms. The summed E-state index contributed by atoms with van der Waals surface area (Å²) < 4.78 is 21.7. The Labute approximate surface area is 143 Å². The van der Waals surface area contributed by atoms with Gasteiger partial charge in [0.1, 0.15) is 5.75 Å². The van der Waals surface area contributed by atoms with Crippen molar-refractivity contribution in [1.29, 1.82) is 0 Å². The van der Waals surface area contributed by atoms with Gasteiger partial charge in [0.05, 0.1) is 14.2 Å². The minimum absolute atomic E-state index is 0.169. The van der Waals surface area contributed by atoms with E-state index in [9.17, 15) is 0 Å². The maximum atomic E-state index is 5.83. The lowest BCUT2D eigenvalue weighted by atomic mass is 10.2. The van der Waals surface area contributed by atoms with Gasteiger partial charge in [0.15, 0.2) is 18.1 Å². The number of hydrogen-bond donors (Lipinski definition) is 0. The minimum atomic E-state index is 0.169. The fourth-order valence-corrected chi connectivity index (χ4v) is 2.20. The lowest BCUT2D eigenvalue weighted by molar-refractivity contribution is 0.264. The van der Waals surface area contributed by atoms with Gasteiger partial charge >= 0.3 is 0 Å². The van der Waals surface area contributed by atoms with E-state index in [-0.39, 0.29) is 6.61 Å². The van der Waals surface area contributed by atoms with Gasteiger partial charge in [-0.15, -0.1) is 10.2 Å². The molecule has 0 unspecified atom stereocenters. The second kappa shape index (κ2) is 7.23. The Hall–Kier alpha value is -2.73. The van der Waals surface area contributed by atoms with E-state index in [2.05, 4.69) is 10.2 Å². The Bertz CT molecular complexity index is 818. The molecule has 3 aromatic rings. The van der Waals surface area contributed by atoms with Gasteiger partial charge in [-0.25, -0.2) is 0 Å². The molecule has 0 saturated carbocycles. The molecule has 0 bridgehead atoms. The quantitative estimate of drug-likeness (QED) is 0.672. The van der Waals surface area contributed by atoms with Gasteiger partial charge in [0.25, 0.3) is 5.89 Å². The molecule has 0 saturated heterocycles. The molecule has 6 nitrogen and oxygen atoms in total. The van der Waals surface area contributed by atoms with Gasteiger partial charge < -0.3 is 18.6 Å². The number of aromatic nitrogens is 2. The molecule has 1 aromatic heterocycles. The predicted octanol–water partition coefficient (Wildman–Crippen LogP) is 3.99. The topological polar surface area (TPSA) is 66.6 Å². The maximum Gasteiger partial charge on any atom is 0.254 e. The molecule has 7 heteroatoms. The van der Waals surface area contributed by atoms with Crippen molar-refractivity contribution in [2.45, 2.75) is 6.61 Å². The fourth-order valence-electron chi connectivity index (χ4n) is 2.07. The van der Waals surface area contributed by atoms with Gasteiger partial charge in [-0.1, -0.05) is 11.6 Å². The highest BCUT2D eigenvalue weighted by Gasteiger charge is 2.12. The first-order chi connectivity index (χ1) is 11.7.